The molecule has 1 aromatic heterocycles. The molecule has 1 aromatic carbocycles. The van der Waals surface area contributed by atoms with Crippen LogP contribution in [-0.4, -0.2) is 6.04 Å². The molecule has 0 amide bonds. The highest BCUT2D eigenvalue weighted by Crippen LogP contribution is 2.38. The number of benzene rings is 1. The van der Waals surface area contributed by atoms with Gasteiger partial charge in [0.15, 0.2) is 0 Å². The van der Waals surface area contributed by atoms with Crippen LogP contribution in [-0.2, 0) is 6.54 Å². The molecule has 4 heteroatoms. The first-order valence-corrected chi connectivity index (χ1v) is 8.48. The molecule has 1 heterocycles. The van der Waals surface area contributed by atoms with Crippen LogP contribution >= 0.6 is 38.9 Å². The van der Waals surface area contributed by atoms with E-state index in [0.717, 1.165) is 11.6 Å². The maximum Gasteiger partial charge on any atom is 0.0408 e. The third-order valence-electron chi connectivity index (χ3n) is 3.70. The summed E-state index contributed by atoms with van der Waals surface area (Å²) in [4.78, 5) is 1.38. The van der Waals surface area contributed by atoms with E-state index in [2.05, 4.69) is 44.8 Å². The SMILES string of the molecule is Clc1cccc(C2CC(NCc3sccc3Br)C2)c1. The molecule has 0 aliphatic heterocycles. The first-order chi connectivity index (χ1) is 9.22. The molecular weight excluding hydrogens is 342 g/mol. The van der Waals surface area contributed by atoms with Crippen molar-refractivity contribution < 1.29 is 0 Å². The molecule has 3 rings (SSSR count). The van der Waals surface area contributed by atoms with Gasteiger partial charge in [0.2, 0.25) is 0 Å². The lowest BCUT2D eigenvalue weighted by atomic mass is 9.76. The Morgan fingerprint density at radius 1 is 1.32 bits per heavy atom. The fraction of sp³-hybridized carbons (Fsp3) is 0.333. The van der Waals surface area contributed by atoms with Crippen molar-refractivity contribution in [2.24, 2.45) is 0 Å². The molecule has 1 saturated carbocycles. The number of nitrogens with one attached hydrogen (secondary N) is 1. The Bertz CT molecular complexity index is 563. The molecule has 0 saturated heterocycles. The van der Waals surface area contributed by atoms with Gasteiger partial charge < -0.3 is 5.32 Å². The maximum absolute atomic E-state index is 6.03. The molecule has 1 fully saturated rings. The molecule has 0 bridgehead atoms. The van der Waals surface area contributed by atoms with E-state index in [4.69, 9.17) is 11.6 Å². The van der Waals surface area contributed by atoms with Gasteiger partial charge in [0, 0.05) is 27.0 Å². The Hall–Kier alpha value is -0.350. The maximum atomic E-state index is 6.03. The smallest absolute Gasteiger partial charge is 0.0408 e. The van der Waals surface area contributed by atoms with Gasteiger partial charge in [-0.1, -0.05) is 23.7 Å². The van der Waals surface area contributed by atoms with Crippen molar-refractivity contribution >= 4 is 38.9 Å². The third kappa shape index (κ3) is 3.22. The number of halogens is 2. The van der Waals surface area contributed by atoms with Gasteiger partial charge >= 0.3 is 0 Å². The van der Waals surface area contributed by atoms with Gasteiger partial charge in [-0.2, -0.15) is 0 Å². The number of thiophene rings is 1. The van der Waals surface area contributed by atoms with Crippen molar-refractivity contribution in [3.05, 3.63) is 55.6 Å². The Kier molecular flexibility index (Phi) is 4.27. The molecular formula is C15H15BrClNS. The van der Waals surface area contributed by atoms with Crippen molar-refractivity contribution in [2.75, 3.05) is 0 Å². The monoisotopic (exact) mass is 355 g/mol. The molecule has 100 valence electrons. The highest BCUT2D eigenvalue weighted by Gasteiger charge is 2.29. The molecule has 0 unspecified atom stereocenters. The summed E-state index contributed by atoms with van der Waals surface area (Å²) in [6.07, 6.45) is 2.42. The minimum atomic E-state index is 0.637. The van der Waals surface area contributed by atoms with Gasteiger partial charge in [-0.05, 0) is 63.8 Å². The normalized spacial score (nSPS) is 22.2. The topological polar surface area (TPSA) is 12.0 Å². The molecule has 0 spiro atoms. The third-order valence-corrected chi connectivity index (χ3v) is 5.86. The molecule has 1 aliphatic rings. The quantitative estimate of drug-likeness (QED) is 0.794. The summed E-state index contributed by atoms with van der Waals surface area (Å²) in [7, 11) is 0. The fourth-order valence-electron chi connectivity index (χ4n) is 2.51. The molecule has 0 atom stereocenters. The fourth-order valence-corrected chi connectivity index (χ4v) is 4.15. The number of rotatable bonds is 4. The summed E-state index contributed by atoms with van der Waals surface area (Å²) in [5, 5.41) is 6.59. The second-order valence-corrected chi connectivity index (χ2v) is 7.28. The Morgan fingerprint density at radius 2 is 2.16 bits per heavy atom. The van der Waals surface area contributed by atoms with E-state index in [1.165, 1.54) is 27.8 Å². The van der Waals surface area contributed by atoms with Crippen LogP contribution in [0.15, 0.2) is 40.2 Å². The summed E-state index contributed by atoms with van der Waals surface area (Å²) >= 11 is 11.4. The van der Waals surface area contributed by atoms with Crippen LogP contribution in [0.5, 0.6) is 0 Å². The van der Waals surface area contributed by atoms with Crippen molar-refractivity contribution in [1.29, 1.82) is 0 Å². The summed E-state index contributed by atoms with van der Waals surface area (Å²) in [5.41, 5.74) is 1.38. The molecule has 1 N–H and O–H groups in total. The first kappa shape index (κ1) is 13.6. The highest BCUT2D eigenvalue weighted by atomic mass is 79.9. The Labute approximate surface area is 131 Å². The van der Waals surface area contributed by atoms with Gasteiger partial charge in [0.05, 0.1) is 0 Å². The number of hydrogen-bond donors (Lipinski definition) is 1. The van der Waals surface area contributed by atoms with Crippen LogP contribution in [0.2, 0.25) is 5.02 Å². The van der Waals surface area contributed by atoms with Crippen molar-refractivity contribution in [1.82, 2.24) is 5.32 Å². The van der Waals surface area contributed by atoms with E-state index in [1.807, 2.05) is 12.1 Å². The lowest BCUT2D eigenvalue weighted by Crippen LogP contribution is -2.39. The van der Waals surface area contributed by atoms with Crippen LogP contribution in [0, 0.1) is 0 Å². The predicted molar refractivity (Wildman–Crippen MR) is 86.1 cm³/mol. The predicted octanol–water partition coefficient (Wildman–Crippen LogP) is 5.20. The first-order valence-electron chi connectivity index (χ1n) is 6.43. The van der Waals surface area contributed by atoms with Crippen molar-refractivity contribution in [3.8, 4) is 0 Å². The Morgan fingerprint density at radius 3 is 2.84 bits per heavy atom. The standard InChI is InChI=1S/C15H15BrClNS/c16-14-4-5-19-15(14)9-18-13-7-11(8-13)10-2-1-3-12(17)6-10/h1-6,11,13,18H,7-9H2. The molecule has 1 nitrogen and oxygen atoms in total. The zero-order valence-electron chi connectivity index (χ0n) is 10.4. The summed E-state index contributed by atoms with van der Waals surface area (Å²) in [6.45, 7) is 0.963. The summed E-state index contributed by atoms with van der Waals surface area (Å²) in [5.74, 6) is 0.669. The van der Waals surface area contributed by atoms with Crippen LogP contribution in [0.1, 0.15) is 29.2 Å². The lowest BCUT2D eigenvalue weighted by Gasteiger charge is -2.36. The molecule has 1 aliphatic carbocycles. The molecule has 19 heavy (non-hydrogen) atoms. The average Bonchev–Trinajstić information content (AvgIpc) is 2.73. The van der Waals surface area contributed by atoms with Gasteiger partial charge in [-0.3, -0.25) is 0 Å². The minimum Gasteiger partial charge on any atom is -0.309 e. The van der Waals surface area contributed by atoms with E-state index in [0.29, 0.717) is 12.0 Å². The van der Waals surface area contributed by atoms with Crippen LogP contribution in [0.25, 0.3) is 0 Å². The highest BCUT2D eigenvalue weighted by molar-refractivity contribution is 9.10. The zero-order valence-corrected chi connectivity index (χ0v) is 13.6. The van der Waals surface area contributed by atoms with Crippen molar-refractivity contribution in [3.63, 3.8) is 0 Å². The van der Waals surface area contributed by atoms with Gasteiger partial charge in [-0.25, -0.2) is 0 Å². The molecule has 0 radical (unpaired) electrons. The average molecular weight is 357 g/mol. The lowest BCUT2D eigenvalue weighted by molar-refractivity contribution is 0.290. The Balaban J connectivity index is 1.49. The second-order valence-electron chi connectivity index (χ2n) is 4.99. The van der Waals surface area contributed by atoms with E-state index >= 15 is 0 Å². The van der Waals surface area contributed by atoms with Gasteiger partial charge in [-0.15, -0.1) is 11.3 Å². The van der Waals surface area contributed by atoms with Crippen LogP contribution < -0.4 is 5.32 Å². The second kappa shape index (κ2) is 5.96. The van der Waals surface area contributed by atoms with E-state index in [9.17, 15) is 0 Å². The van der Waals surface area contributed by atoms with E-state index in [-0.39, 0.29) is 0 Å². The zero-order chi connectivity index (χ0) is 13.2. The van der Waals surface area contributed by atoms with E-state index < -0.39 is 0 Å². The number of hydrogen-bond acceptors (Lipinski definition) is 2. The largest absolute Gasteiger partial charge is 0.309 e. The molecule has 2 aromatic rings. The minimum absolute atomic E-state index is 0.637. The van der Waals surface area contributed by atoms with Gasteiger partial charge in [0.1, 0.15) is 0 Å². The van der Waals surface area contributed by atoms with E-state index in [1.54, 1.807) is 11.3 Å². The van der Waals surface area contributed by atoms with Crippen LogP contribution in [0.4, 0.5) is 0 Å². The van der Waals surface area contributed by atoms with Gasteiger partial charge in [0.25, 0.3) is 0 Å². The summed E-state index contributed by atoms with van der Waals surface area (Å²) < 4.78 is 1.22. The summed E-state index contributed by atoms with van der Waals surface area (Å²) in [6, 6.07) is 11.0. The van der Waals surface area contributed by atoms with Crippen molar-refractivity contribution in [2.45, 2.75) is 31.3 Å². The van der Waals surface area contributed by atoms with Crippen LogP contribution in [0.3, 0.4) is 0 Å².